The van der Waals surface area contributed by atoms with Gasteiger partial charge in [0.15, 0.2) is 9.84 Å². The molecule has 1 aromatic carbocycles. The van der Waals surface area contributed by atoms with Crippen molar-refractivity contribution in [1.82, 2.24) is 9.80 Å². The Morgan fingerprint density at radius 1 is 1.15 bits per heavy atom. The van der Waals surface area contributed by atoms with Gasteiger partial charge in [0.05, 0.1) is 18.1 Å². The quantitative estimate of drug-likeness (QED) is 0.737. The molecule has 2 aliphatic heterocycles. The minimum Gasteiger partial charge on any atom is -0.371 e. The zero-order chi connectivity index (χ0) is 19.4. The third-order valence-electron chi connectivity index (χ3n) is 5.68. The van der Waals surface area contributed by atoms with Crippen molar-refractivity contribution >= 4 is 21.4 Å². The maximum atomic E-state index is 12.6. The smallest absolute Gasteiger partial charge is 0.236 e. The summed E-state index contributed by atoms with van der Waals surface area (Å²) in [5, 5.41) is 0. The molecule has 7 heteroatoms. The van der Waals surface area contributed by atoms with Crippen molar-refractivity contribution in [1.29, 1.82) is 0 Å². The standard InChI is InChI=1S/C20H31N3O3S/c1-21(15-20(24)22(2)18-10-13-27(25,26)16-18)14-17-8-4-5-9-19(17)23-11-6-3-7-12-23/h4-5,8-9,18H,3,6-7,10-16H2,1-2H3. The lowest BCUT2D eigenvalue weighted by atomic mass is 10.1. The molecule has 2 aliphatic rings. The molecule has 1 unspecified atom stereocenters. The van der Waals surface area contributed by atoms with Crippen molar-refractivity contribution in [3.8, 4) is 0 Å². The van der Waals surface area contributed by atoms with Gasteiger partial charge >= 0.3 is 0 Å². The van der Waals surface area contributed by atoms with Gasteiger partial charge in [0.2, 0.25) is 5.91 Å². The summed E-state index contributed by atoms with van der Waals surface area (Å²) in [6, 6.07) is 8.25. The summed E-state index contributed by atoms with van der Waals surface area (Å²) in [4.78, 5) is 18.7. The van der Waals surface area contributed by atoms with Crippen LogP contribution >= 0.6 is 0 Å². The topological polar surface area (TPSA) is 60.9 Å². The van der Waals surface area contributed by atoms with Gasteiger partial charge in [-0.05, 0) is 44.4 Å². The Kier molecular flexibility index (Phi) is 6.42. The van der Waals surface area contributed by atoms with E-state index in [2.05, 4.69) is 23.1 Å². The number of rotatable bonds is 6. The molecule has 1 aromatic rings. The number of carbonyl (C=O) groups excluding carboxylic acids is 1. The minimum atomic E-state index is -2.98. The van der Waals surface area contributed by atoms with E-state index >= 15 is 0 Å². The predicted molar refractivity (Wildman–Crippen MR) is 109 cm³/mol. The van der Waals surface area contributed by atoms with E-state index in [1.54, 1.807) is 11.9 Å². The maximum absolute atomic E-state index is 12.6. The number of piperidine rings is 1. The highest BCUT2D eigenvalue weighted by Crippen LogP contribution is 2.25. The SMILES string of the molecule is CN(CC(=O)N(C)C1CCS(=O)(=O)C1)Cc1ccccc1N1CCCCC1. The van der Waals surface area contributed by atoms with Crippen molar-refractivity contribution in [2.75, 3.05) is 50.1 Å². The van der Waals surface area contributed by atoms with Crippen LogP contribution in [-0.4, -0.2) is 75.4 Å². The van der Waals surface area contributed by atoms with Crippen LogP contribution < -0.4 is 4.90 Å². The summed E-state index contributed by atoms with van der Waals surface area (Å²) in [6.07, 6.45) is 4.32. The molecule has 0 aromatic heterocycles. The second-order valence-corrected chi connectivity index (χ2v) is 10.1. The van der Waals surface area contributed by atoms with Gasteiger partial charge in [-0.25, -0.2) is 8.42 Å². The van der Waals surface area contributed by atoms with Gasteiger partial charge in [-0.15, -0.1) is 0 Å². The van der Waals surface area contributed by atoms with Crippen LogP contribution in [-0.2, 0) is 21.2 Å². The number of hydrogen-bond acceptors (Lipinski definition) is 5. The average Bonchev–Trinajstić information content (AvgIpc) is 3.02. The number of likely N-dealkylation sites (N-methyl/N-ethyl adjacent to an activating group) is 2. The Morgan fingerprint density at radius 3 is 2.52 bits per heavy atom. The van der Waals surface area contributed by atoms with E-state index in [4.69, 9.17) is 0 Å². The third kappa shape index (κ3) is 5.23. The van der Waals surface area contributed by atoms with Crippen molar-refractivity contribution in [2.45, 2.75) is 38.3 Å². The second-order valence-electron chi connectivity index (χ2n) is 7.91. The summed E-state index contributed by atoms with van der Waals surface area (Å²) < 4.78 is 23.3. The van der Waals surface area contributed by atoms with Crippen LogP contribution in [0, 0.1) is 0 Å². The van der Waals surface area contributed by atoms with Crippen LogP contribution in [0.25, 0.3) is 0 Å². The Bertz CT molecular complexity index is 759. The van der Waals surface area contributed by atoms with Crippen LogP contribution in [0.4, 0.5) is 5.69 Å². The summed E-state index contributed by atoms with van der Waals surface area (Å²) in [6.45, 7) is 3.19. The molecule has 0 aliphatic carbocycles. The lowest BCUT2D eigenvalue weighted by Crippen LogP contribution is -2.43. The van der Waals surface area contributed by atoms with Gasteiger partial charge in [-0.2, -0.15) is 0 Å². The van der Waals surface area contributed by atoms with E-state index in [1.165, 1.54) is 30.5 Å². The zero-order valence-corrected chi connectivity index (χ0v) is 17.2. The van der Waals surface area contributed by atoms with Gasteiger partial charge in [-0.3, -0.25) is 9.69 Å². The number of amides is 1. The fraction of sp³-hybridized carbons (Fsp3) is 0.650. The Balaban J connectivity index is 1.59. The maximum Gasteiger partial charge on any atom is 0.236 e. The van der Waals surface area contributed by atoms with Crippen molar-refractivity contribution in [3.05, 3.63) is 29.8 Å². The average molecular weight is 394 g/mol. The van der Waals surface area contributed by atoms with Crippen molar-refractivity contribution in [3.63, 3.8) is 0 Å². The first-order chi connectivity index (χ1) is 12.9. The highest BCUT2D eigenvalue weighted by Gasteiger charge is 2.32. The van der Waals surface area contributed by atoms with E-state index in [0.717, 1.165) is 13.1 Å². The molecule has 0 radical (unpaired) electrons. The molecule has 0 saturated carbocycles. The van der Waals surface area contributed by atoms with Crippen LogP contribution in [0.5, 0.6) is 0 Å². The van der Waals surface area contributed by atoms with Crippen LogP contribution in [0.1, 0.15) is 31.2 Å². The molecule has 150 valence electrons. The van der Waals surface area contributed by atoms with E-state index in [1.807, 2.05) is 18.0 Å². The van der Waals surface area contributed by atoms with Gasteiger partial charge in [0.25, 0.3) is 0 Å². The molecule has 0 bridgehead atoms. The number of anilines is 1. The molecule has 0 N–H and O–H groups in total. The summed E-state index contributed by atoms with van der Waals surface area (Å²) >= 11 is 0. The normalized spacial score (nSPS) is 22.2. The first-order valence-electron chi connectivity index (χ1n) is 9.83. The van der Waals surface area contributed by atoms with Gasteiger partial charge in [-0.1, -0.05) is 18.2 Å². The lowest BCUT2D eigenvalue weighted by molar-refractivity contribution is -0.132. The number of sulfone groups is 1. The van der Waals surface area contributed by atoms with E-state index in [0.29, 0.717) is 19.5 Å². The van der Waals surface area contributed by atoms with Crippen LogP contribution in [0.3, 0.4) is 0 Å². The Morgan fingerprint density at radius 2 is 1.85 bits per heavy atom. The monoisotopic (exact) mass is 393 g/mol. The highest BCUT2D eigenvalue weighted by atomic mass is 32.2. The Labute approximate surface area is 163 Å². The number of hydrogen-bond donors (Lipinski definition) is 0. The van der Waals surface area contributed by atoms with Crippen molar-refractivity contribution < 1.29 is 13.2 Å². The fourth-order valence-electron chi connectivity index (χ4n) is 4.06. The van der Waals surface area contributed by atoms with Gasteiger partial charge in [0, 0.05) is 38.4 Å². The molecule has 2 fully saturated rings. The molecule has 3 rings (SSSR count). The highest BCUT2D eigenvalue weighted by molar-refractivity contribution is 7.91. The lowest BCUT2D eigenvalue weighted by Gasteiger charge is -2.32. The number of carbonyl (C=O) groups is 1. The fourth-order valence-corrected chi connectivity index (χ4v) is 5.84. The predicted octanol–water partition coefficient (Wildman–Crippen LogP) is 1.75. The van der Waals surface area contributed by atoms with Gasteiger partial charge in [0.1, 0.15) is 0 Å². The molecule has 1 amide bonds. The number of para-hydroxylation sites is 1. The first kappa shape index (κ1) is 20.1. The molecule has 1 atom stereocenters. The molecular weight excluding hydrogens is 362 g/mol. The summed E-state index contributed by atoms with van der Waals surface area (Å²) in [7, 11) is 0.692. The van der Waals surface area contributed by atoms with Gasteiger partial charge < -0.3 is 9.80 Å². The van der Waals surface area contributed by atoms with Crippen LogP contribution in [0.2, 0.25) is 0 Å². The molecule has 0 spiro atoms. The molecule has 6 nitrogen and oxygen atoms in total. The van der Waals surface area contributed by atoms with E-state index in [-0.39, 0.29) is 23.5 Å². The van der Waals surface area contributed by atoms with E-state index in [9.17, 15) is 13.2 Å². The molecular formula is C20H31N3O3S. The Hall–Kier alpha value is -1.60. The van der Waals surface area contributed by atoms with E-state index < -0.39 is 9.84 Å². The minimum absolute atomic E-state index is 0.0185. The summed E-state index contributed by atoms with van der Waals surface area (Å²) in [5.74, 6) is 0.264. The summed E-state index contributed by atoms with van der Waals surface area (Å²) in [5.41, 5.74) is 2.51. The number of benzene rings is 1. The largest absolute Gasteiger partial charge is 0.371 e. The van der Waals surface area contributed by atoms with Crippen LogP contribution in [0.15, 0.2) is 24.3 Å². The second kappa shape index (κ2) is 8.61. The molecule has 27 heavy (non-hydrogen) atoms. The molecule has 2 saturated heterocycles. The molecule has 2 heterocycles. The number of nitrogens with zero attached hydrogens (tertiary/aromatic N) is 3. The zero-order valence-electron chi connectivity index (χ0n) is 16.4. The first-order valence-corrected chi connectivity index (χ1v) is 11.7. The van der Waals surface area contributed by atoms with Crippen molar-refractivity contribution in [2.24, 2.45) is 0 Å². The third-order valence-corrected chi connectivity index (χ3v) is 7.43.